The van der Waals surface area contributed by atoms with E-state index in [-0.39, 0.29) is 12.0 Å². The second kappa shape index (κ2) is 4.59. The molecule has 1 heterocycles. The third-order valence-electron chi connectivity index (χ3n) is 3.03. The lowest BCUT2D eigenvalue weighted by atomic mass is 9.91. The van der Waals surface area contributed by atoms with Crippen LogP contribution in [0.5, 0.6) is 0 Å². The van der Waals surface area contributed by atoms with E-state index in [0.717, 1.165) is 12.8 Å². The average molecular weight is 221 g/mol. The second-order valence-electron chi connectivity index (χ2n) is 4.06. The fourth-order valence-electron chi connectivity index (χ4n) is 1.77. The van der Waals surface area contributed by atoms with Crippen molar-refractivity contribution < 1.29 is 13.2 Å². The molecule has 0 radical (unpaired) electrons. The number of hydrogen-bond acceptors (Lipinski definition) is 4. The first-order valence-electron chi connectivity index (χ1n) is 4.95. The van der Waals surface area contributed by atoms with Gasteiger partial charge in [0.25, 0.3) is 0 Å². The molecule has 0 aromatic rings. The van der Waals surface area contributed by atoms with Crippen molar-refractivity contribution in [3.8, 4) is 0 Å². The molecule has 1 rings (SSSR count). The predicted molar refractivity (Wildman–Crippen MR) is 55.8 cm³/mol. The van der Waals surface area contributed by atoms with Gasteiger partial charge in [0.2, 0.25) is 0 Å². The number of nitrogens with two attached hydrogens (primary N) is 1. The van der Waals surface area contributed by atoms with Crippen LogP contribution in [-0.2, 0) is 14.6 Å². The molecule has 2 N–H and O–H groups in total. The van der Waals surface area contributed by atoms with Crippen molar-refractivity contribution in [2.75, 3.05) is 19.5 Å². The molecule has 2 unspecified atom stereocenters. The first-order chi connectivity index (χ1) is 6.43. The van der Waals surface area contributed by atoms with E-state index in [2.05, 4.69) is 0 Å². The molecule has 1 fully saturated rings. The van der Waals surface area contributed by atoms with Gasteiger partial charge in [0, 0.05) is 25.5 Å². The second-order valence-corrected chi connectivity index (χ2v) is 6.46. The highest BCUT2D eigenvalue weighted by Crippen LogP contribution is 2.21. The number of hydrogen-bond donors (Lipinski definition) is 1. The zero-order valence-corrected chi connectivity index (χ0v) is 9.59. The summed E-state index contributed by atoms with van der Waals surface area (Å²) < 4.78 is 27.8. The van der Waals surface area contributed by atoms with Crippen LogP contribution >= 0.6 is 0 Å². The molecule has 1 aliphatic rings. The SMILES string of the molecule is CC(C(N)C1CCOCC1)S(C)(=O)=O. The van der Waals surface area contributed by atoms with E-state index in [1.165, 1.54) is 6.26 Å². The Hall–Kier alpha value is -0.130. The largest absolute Gasteiger partial charge is 0.381 e. The summed E-state index contributed by atoms with van der Waals surface area (Å²) in [4.78, 5) is 0. The summed E-state index contributed by atoms with van der Waals surface area (Å²) in [5.74, 6) is 0.286. The summed E-state index contributed by atoms with van der Waals surface area (Å²) in [6, 6.07) is -0.256. The van der Waals surface area contributed by atoms with Gasteiger partial charge in [-0.3, -0.25) is 0 Å². The van der Waals surface area contributed by atoms with Gasteiger partial charge in [0.05, 0.1) is 5.25 Å². The van der Waals surface area contributed by atoms with Crippen molar-refractivity contribution >= 4 is 9.84 Å². The van der Waals surface area contributed by atoms with E-state index >= 15 is 0 Å². The Balaban J connectivity index is 2.59. The summed E-state index contributed by atoms with van der Waals surface area (Å²) >= 11 is 0. The third-order valence-corrected chi connectivity index (χ3v) is 4.69. The van der Waals surface area contributed by atoms with Crippen LogP contribution in [0, 0.1) is 5.92 Å². The molecule has 0 bridgehead atoms. The van der Waals surface area contributed by atoms with Crippen molar-refractivity contribution in [2.24, 2.45) is 11.7 Å². The summed E-state index contributed by atoms with van der Waals surface area (Å²) in [7, 11) is -3.02. The maximum atomic E-state index is 11.3. The van der Waals surface area contributed by atoms with Gasteiger partial charge in [-0.25, -0.2) is 8.42 Å². The first-order valence-corrected chi connectivity index (χ1v) is 6.90. The normalized spacial score (nSPS) is 24.5. The maximum absolute atomic E-state index is 11.3. The fraction of sp³-hybridized carbons (Fsp3) is 1.00. The third kappa shape index (κ3) is 2.93. The molecule has 84 valence electrons. The van der Waals surface area contributed by atoms with Gasteiger partial charge < -0.3 is 10.5 Å². The number of ether oxygens (including phenoxy) is 1. The van der Waals surface area contributed by atoms with E-state index < -0.39 is 15.1 Å². The Bertz CT molecular complexity index is 270. The minimum atomic E-state index is -3.02. The van der Waals surface area contributed by atoms with Crippen molar-refractivity contribution in [1.29, 1.82) is 0 Å². The van der Waals surface area contributed by atoms with Gasteiger partial charge in [-0.05, 0) is 25.7 Å². The molecule has 0 amide bonds. The Morgan fingerprint density at radius 3 is 2.29 bits per heavy atom. The molecule has 0 saturated carbocycles. The van der Waals surface area contributed by atoms with Crippen molar-refractivity contribution in [3.05, 3.63) is 0 Å². The van der Waals surface area contributed by atoms with Crippen LogP contribution in [0.2, 0.25) is 0 Å². The lowest BCUT2D eigenvalue weighted by Crippen LogP contribution is -2.45. The molecule has 14 heavy (non-hydrogen) atoms. The van der Waals surface area contributed by atoms with E-state index in [4.69, 9.17) is 10.5 Å². The minimum absolute atomic E-state index is 0.256. The Morgan fingerprint density at radius 1 is 1.36 bits per heavy atom. The Morgan fingerprint density at radius 2 is 1.86 bits per heavy atom. The minimum Gasteiger partial charge on any atom is -0.381 e. The fourth-order valence-corrected chi connectivity index (χ4v) is 2.56. The highest BCUT2D eigenvalue weighted by Gasteiger charge is 2.30. The van der Waals surface area contributed by atoms with Gasteiger partial charge >= 0.3 is 0 Å². The van der Waals surface area contributed by atoms with Crippen molar-refractivity contribution in [2.45, 2.75) is 31.1 Å². The molecule has 1 aliphatic heterocycles. The molecule has 5 heteroatoms. The van der Waals surface area contributed by atoms with Gasteiger partial charge in [-0.1, -0.05) is 0 Å². The standard InChI is InChI=1S/C9H19NO3S/c1-7(14(2,11)12)9(10)8-3-5-13-6-4-8/h7-9H,3-6,10H2,1-2H3. The lowest BCUT2D eigenvalue weighted by Gasteiger charge is -2.30. The molecule has 0 aliphatic carbocycles. The molecule has 0 aromatic carbocycles. The smallest absolute Gasteiger partial charge is 0.151 e. The summed E-state index contributed by atoms with van der Waals surface area (Å²) in [5.41, 5.74) is 5.94. The highest BCUT2D eigenvalue weighted by molar-refractivity contribution is 7.91. The van der Waals surface area contributed by atoms with Crippen LogP contribution < -0.4 is 5.73 Å². The first kappa shape index (κ1) is 11.9. The number of sulfone groups is 1. The predicted octanol–water partition coefficient (Wildman–Crippen LogP) is 0.173. The van der Waals surface area contributed by atoms with Gasteiger partial charge in [0.1, 0.15) is 0 Å². The van der Waals surface area contributed by atoms with Crippen LogP contribution in [0.3, 0.4) is 0 Å². The molecular formula is C9H19NO3S. The Kier molecular flexibility index (Phi) is 3.92. The summed E-state index contributed by atoms with van der Waals surface area (Å²) in [6.07, 6.45) is 3.00. The van der Waals surface area contributed by atoms with Crippen LogP contribution in [0.15, 0.2) is 0 Å². The van der Waals surface area contributed by atoms with Gasteiger partial charge in [-0.2, -0.15) is 0 Å². The molecule has 0 spiro atoms. The van der Waals surface area contributed by atoms with E-state index in [9.17, 15) is 8.42 Å². The Labute approximate surface area is 85.7 Å². The molecule has 0 aromatic heterocycles. The monoisotopic (exact) mass is 221 g/mol. The molecule has 4 nitrogen and oxygen atoms in total. The zero-order chi connectivity index (χ0) is 10.8. The topological polar surface area (TPSA) is 69.4 Å². The lowest BCUT2D eigenvalue weighted by molar-refractivity contribution is 0.0584. The highest BCUT2D eigenvalue weighted by atomic mass is 32.2. The maximum Gasteiger partial charge on any atom is 0.151 e. The van der Waals surface area contributed by atoms with Crippen LogP contribution in [0.25, 0.3) is 0 Å². The van der Waals surface area contributed by atoms with Gasteiger partial charge in [-0.15, -0.1) is 0 Å². The summed E-state index contributed by atoms with van der Waals surface area (Å²) in [6.45, 7) is 3.10. The number of rotatable bonds is 3. The van der Waals surface area contributed by atoms with Crippen LogP contribution in [-0.4, -0.2) is 39.2 Å². The van der Waals surface area contributed by atoms with Crippen LogP contribution in [0.1, 0.15) is 19.8 Å². The van der Waals surface area contributed by atoms with E-state index in [1.807, 2.05) is 0 Å². The quantitative estimate of drug-likeness (QED) is 0.737. The van der Waals surface area contributed by atoms with Crippen LogP contribution in [0.4, 0.5) is 0 Å². The van der Waals surface area contributed by atoms with Crippen molar-refractivity contribution in [3.63, 3.8) is 0 Å². The zero-order valence-electron chi connectivity index (χ0n) is 8.77. The summed E-state index contributed by atoms with van der Waals surface area (Å²) in [5, 5.41) is -0.453. The van der Waals surface area contributed by atoms with E-state index in [0.29, 0.717) is 13.2 Å². The molecular weight excluding hydrogens is 202 g/mol. The van der Waals surface area contributed by atoms with E-state index in [1.54, 1.807) is 6.92 Å². The molecule has 1 saturated heterocycles. The average Bonchev–Trinajstić information content (AvgIpc) is 2.15. The van der Waals surface area contributed by atoms with Gasteiger partial charge in [0.15, 0.2) is 9.84 Å². The van der Waals surface area contributed by atoms with Crippen molar-refractivity contribution in [1.82, 2.24) is 0 Å². The molecule has 2 atom stereocenters.